The van der Waals surface area contributed by atoms with Crippen molar-refractivity contribution < 1.29 is 14.3 Å². The van der Waals surface area contributed by atoms with Crippen molar-refractivity contribution in [2.75, 3.05) is 13.2 Å². The molecule has 1 saturated heterocycles. The molecule has 2 heterocycles. The summed E-state index contributed by atoms with van der Waals surface area (Å²) in [4.78, 5) is 4.19. The second-order valence-electron chi connectivity index (χ2n) is 4.08. The minimum absolute atomic E-state index is 0.0238. The van der Waals surface area contributed by atoms with Crippen molar-refractivity contribution in [2.24, 2.45) is 0 Å². The van der Waals surface area contributed by atoms with E-state index in [1.165, 1.54) is 0 Å². The topological polar surface area (TPSA) is 55.5 Å². The quantitative estimate of drug-likeness (QED) is 0.819. The van der Waals surface area contributed by atoms with Crippen molar-refractivity contribution in [3.63, 3.8) is 0 Å². The molecule has 2 unspecified atom stereocenters. The third-order valence-electron chi connectivity index (χ3n) is 2.76. The first kappa shape index (κ1) is 10.6. The standard InChI is InChI=1S/C11H17NO3/c1-8(7-13)10-6-12-11(15-10)5-9-3-2-4-14-9/h6,8-9,13H,2-5,7H2,1H3. The molecule has 2 atom stereocenters. The van der Waals surface area contributed by atoms with Crippen LogP contribution in [0.25, 0.3) is 0 Å². The summed E-state index contributed by atoms with van der Waals surface area (Å²) in [6.45, 7) is 2.86. The molecule has 1 fully saturated rings. The lowest BCUT2D eigenvalue weighted by molar-refractivity contribution is 0.105. The maximum absolute atomic E-state index is 8.97. The number of hydrogen-bond donors (Lipinski definition) is 1. The predicted molar refractivity (Wildman–Crippen MR) is 54.7 cm³/mol. The van der Waals surface area contributed by atoms with Crippen molar-refractivity contribution >= 4 is 0 Å². The first-order chi connectivity index (χ1) is 7.29. The van der Waals surface area contributed by atoms with Gasteiger partial charge in [-0.05, 0) is 12.8 Å². The second-order valence-corrected chi connectivity index (χ2v) is 4.08. The highest BCUT2D eigenvalue weighted by atomic mass is 16.5. The number of aliphatic hydroxyl groups is 1. The molecule has 0 spiro atoms. The van der Waals surface area contributed by atoms with Crippen LogP contribution in [0.4, 0.5) is 0 Å². The second kappa shape index (κ2) is 4.77. The van der Waals surface area contributed by atoms with Crippen LogP contribution < -0.4 is 0 Å². The molecule has 1 aliphatic rings. The average molecular weight is 211 g/mol. The number of ether oxygens (including phenoxy) is 1. The zero-order valence-corrected chi connectivity index (χ0v) is 8.98. The Labute approximate surface area is 89.3 Å². The summed E-state index contributed by atoms with van der Waals surface area (Å²) < 4.78 is 11.1. The van der Waals surface area contributed by atoms with E-state index >= 15 is 0 Å². The molecule has 2 rings (SSSR count). The Morgan fingerprint density at radius 3 is 3.20 bits per heavy atom. The van der Waals surface area contributed by atoms with Crippen LogP contribution in [0.1, 0.15) is 37.3 Å². The third kappa shape index (κ3) is 2.58. The Morgan fingerprint density at radius 2 is 2.53 bits per heavy atom. The van der Waals surface area contributed by atoms with Gasteiger partial charge in [0.25, 0.3) is 0 Å². The monoisotopic (exact) mass is 211 g/mol. The lowest BCUT2D eigenvalue weighted by Crippen LogP contribution is -2.08. The summed E-state index contributed by atoms with van der Waals surface area (Å²) >= 11 is 0. The SMILES string of the molecule is CC(CO)c1cnc(CC2CCCO2)o1. The number of oxazole rings is 1. The van der Waals surface area contributed by atoms with E-state index in [1.807, 2.05) is 6.92 Å². The summed E-state index contributed by atoms with van der Waals surface area (Å²) in [6, 6.07) is 0. The van der Waals surface area contributed by atoms with Crippen LogP contribution >= 0.6 is 0 Å². The van der Waals surface area contributed by atoms with Crippen molar-refractivity contribution in [1.29, 1.82) is 0 Å². The van der Waals surface area contributed by atoms with Gasteiger partial charge in [0.2, 0.25) is 0 Å². The summed E-state index contributed by atoms with van der Waals surface area (Å²) in [5, 5.41) is 8.97. The molecule has 0 bridgehead atoms. The first-order valence-corrected chi connectivity index (χ1v) is 5.46. The lowest BCUT2D eigenvalue weighted by atomic mass is 10.1. The van der Waals surface area contributed by atoms with Gasteiger partial charge in [0.15, 0.2) is 5.89 Å². The summed E-state index contributed by atoms with van der Waals surface area (Å²) in [5.74, 6) is 1.50. The van der Waals surface area contributed by atoms with Crippen LogP contribution in [-0.4, -0.2) is 29.4 Å². The van der Waals surface area contributed by atoms with Gasteiger partial charge in [-0.3, -0.25) is 0 Å². The number of aliphatic hydroxyl groups excluding tert-OH is 1. The van der Waals surface area contributed by atoms with Gasteiger partial charge in [0, 0.05) is 12.5 Å². The molecule has 0 aromatic carbocycles. The van der Waals surface area contributed by atoms with Crippen LogP contribution in [0.3, 0.4) is 0 Å². The minimum Gasteiger partial charge on any atom is -0.445 e. The number of nitrogens with zero attached hydrogens (tertiary/aromatic N) is 1. The highest BCUT2D eigenvalue weighted by molar-refractivity contribution is 5.01. The van der Waals surface area contributed by atoms with Gasteiger partial charge in [0.05, 0.1) is 25.3 Å². The predicted octanol–water partition coefficient (Wildman–Crippen LogP) is 1.49. The van der Waals surface area contributed by atoms with Gasteiger partial charge in [-0.15, -0.1) is 0 Å². The molecule has 1 aromatic heterocycles. The third-order valence-corrected chi connectivity index (χ3v) is 2.76. The smallest absolute Gasteiger partial charge is 0.196 e. The fourth-order valence-electron chi connectivity index (χ4n) is 1.74. The summed E-state index contributed by atoms with van der Waals surface area (Å²) in [5.41, 5.74) is 0. The Bertz CT molecular complexity index is 305. The fraction of sp³-hybridized carbons (Fsp3) is 0.727. The zero-order valence-electron chi connectivity index (χ0n) is 8.98. The van der Waals surface area contributed by atoms with Gasteiger partial charge < -0.3 is 14.3 Å². The highest BCUT2D eigenvalue weighted by Gasteiger charge is 2.19. The molecule has 1 aliphatic heterocycles. The molecule has 0 saturated carbocycles. The van der Waals surface area contributed by atoms with Crippen molar-refractivity contribution in [3.05, 3.63) is 17.8 Å². The van der Waals surface area contributed by atoms with Crippen LogP contribution in [0.5, 0.6) is 0 Å². The summed E-state index contributed by atoms with van der Waals surface area (Å²) in [6.07, 6.45) is 4.93. The Morgan fingerprint density at radius 1 is 1.67 bits per heavy atom. The van der Waals surface area contributed by atoms with Crippen LogP contribution in [0.15, 0.2) is 10.6 Å². The normalized spacial score (nSPS) is 23.2. The maximum Gasteiger partial charge on any atom is 0.196 e. The van der Waals surface area contributed by atoms with E-state index in [0.29, 0.717) is 0 Å². The summed E-state index contributed by atoms with van der Waals surface area (Å²) in [7, 11) is 0. The molecule has 4 nitrogen and oxygen atoms in total. The first-order valence-electron chi connectivity index (χ1n) is 5.46. The van der Waals surface area contributed by atoms with E-state index in [-0.39, 0.29) is 18.6 Å². The maximum atomic E-state index is 8.97. The molecular weight excluding hydrogens is 194 g/mol. The highest BCUT2D eigenvalue weighted by Crippen LogP contribution is 2.20. The number of aromatic nitrogens is 1. The Balaban J connectivity index is 1.94. The molecular formula is C11H17NO3. The van der Waals surface area contributed by atoms with E-state index in [4.69, 9.17) is 14.3 Å². The van der Waals surface area contributed by atoms with Gasteiger partial charge in [0.1, 0.15) is 5.76 Å². The van der Waals surface area contributed by atoms with E-state index < -0.39 is 0 Å². The minimum atomic E-state index is 0.0238. The van der Waals surface area contributed by atoms with E-state index in [2.05, 4.69) is 4.98 Å². The van der Waals surface area contributed by atoms with E-state index in [9.17, 15) is 0 Å². The van der Waals surface area contributed by atoms with Crippen molar-refractivity contribution in [1.82, 2.24) is 4.98 Å². The van der Waals surface area contributed by atoms with Gasteiger partial charge in [-0.25, -0.2) is 4.98 Å². The average Bonchev–Trinajstić information content (AvgIpc) is 2.88. The van der Waals surface area contributed by atoms with Gasteiger partial charge >= 0.3 is 0 Å². The molecule has 15 heavy (non-hydrogen) atoms. The molecule has 0 aliphatic carbocycles. The van der Waals surface area contributed by atoms with Crippen molar-refractivity contribution in [3.8, 4) is 0 Å². The van der Waals surface area contributed by atoms with Crippen molar-refractivity contribution in [2.45, 2.75) is 38.2 Å². The largest absolute Gasteiger partial charge is 0.445 e. The van der Waals surface area contributed by atoms with Gasteiger partial charge in [-0.2, -0.15) is 0 Å². The Kier molecular flexibility index (Phi) is 3.38. The molecule has 1 N–H and O–H groups in total. The fourth-order valence-corrected chi connectivity index (χ4v) is 1.74. The van der Waals surface area contributed by atoms with Gasteiger partial charge in [-0.1, -0.05) is 6.92 Å². The number of rotatable bonds is 4. The van der Waals surface area contributed by atoms with E-state index in [1.54, 1.807) is 6.20 Å². The molecule has 84 valence electrons. The molecule has 0 radical (unpaired) electrons. The number of hydrogen-bond acceptors (Lipinski definition) is 4. The van der Waals surface area contributed by atoms with Crippen LogP contribution in [-0.2, 0) is 11.2 Å². The molecule has 4 heteroatoms. The Hall–Kier alpha value is -0.870. The zero-order chi connectivity index (χ0) is 10.7. The molecule has 0 amide bonds. The van der Waals surface area contributed by atoms with E-state index in [0.717, 1.165) is 37.5 Å². The van der Waals surface area contributed by atoms with Crippen LogP contribution in [0, 0.1) is 0 Å². The lowest BCUT2D eigenvalue weighted by Gasteiger charge is -2.05. The molecule has 1 aromatic rings. The van der Waals surface area contributed by atoms with Crippen LogP contribution in [0.2, 0.25) is 0 Å².